The summed E-state index contributed by atoms with van der Waals surface area (Å²) in [5.41, 5.74) is 0. The molecule has 18 heavy (non-hydrogen) atoms. The number of benzene rings is 1. The molecule has 0 unspecified atom stereocenters. The Morgan fingerprint density at radius 1 is 1.11 bits per heavy atom. The number of aromatic nitrogens is 4. The third-order valence-electron chi connectivity index (χ3n) is 2.22. The molecule has 0 saturated carbocycles. The van der Waals surface area contributed by atoms with Crippen LogP contribution in [0.4, 0.5) is 0 Å². The zero-order valence-electron chi connectivity index (χ0n) is 8.92. The maximum Gasteiger partial charge on any atom is 0.254 e. The van der Waals surface area contributed by atoms with Crippen LogP contribution in [0.3, 0.4) is 0 Å². The molecular formula is C11H6Cl2N4S. The summed E-state index contributed by atoms with van der Waals surface area (Å²) in [7, 11) is 0. The Kier molecular flexibility index (Phi) is 3.11. The van der Waals surface area contributed by atoms with Gasteiger partial charge in [0.2, 0.25) is 0 Å². The third-order valence-corrected chi connectivity index (χ3v) is 3.68. The summed E-state index contributed by atoms with van der Waals surface area (Å²) in [6.07, 6.45) is 1.45. The zero-order chi connectivity index (χ0) is 12.5. The molecule has 0 spiro atoms. The summed E-state index contributed by atoms with van der Waals surface area (Å²) in [4.78, 5) is 9.13. The molecule has 3 rings (SSSR count). The Bertz CT molecular complexity index is 696. The van der Waals surface area contributed by atoms with Crippen LogP contribution in [0.1, 0.15) is 0 Å². The van der Waals surface area contributed by atoms with Crippen molar-refractivity contribution in [2.24, 2.45) is 0 Å². The second-order valence-corrected chi connectivity index (χ2v) is 5.36. The van der Waals surface area contributed by atoms with Crippen LogP contribution in [0, 0.1) is 0 Å². The van der Waals surface area contributed by atoms with Crippen molar-refractivity contribution in [3.05, 3.63) is 46.8 Å². The highest BCUT2D eigenvalue weighted by Crippen LogP contribution is 2.29. The van der Waals surface area contributed by atoms with Gasteiger partial charge in [-0.3, -0.25) is 0 Å². The largest absolute Gasteiger partial charge is 0.254 e. The van der Waals surface area contributed by atoms with Gasteiger partial charge >= 0.3 is 0 Å². The molecule has 0 radical (unpaired) electrons. The molecule has 0 fully saturated rings. The molecule has 3 aromatic rings. The molecule has 0 amide bonds. The van der Waals surface area contributed by atoms with Crippen molar-refractivity contribution in [1.29, 1.82) is 0 Å². The number of nitrogens with zero attached hydrogens (tertiary/aromatic N) is 4. The minimum absolute atomic E-state index is 0.395. The summed E-state index contributed by atoms with van der Waals surface area (Å²) < 4.78 is 1.64. The van der Waals surface area contributed by atoms with Gasteiger partial charge in [-0.15, -0.1) is 0 Å². The lowest BCUT2D eigenvalue weighted by Crippen LogP contribution is -1.95. The first-order valence-corrected chi connectivity index (χ1v) is 6.59. The second-order valence-electron chi connectivity index (χ2n) is 3.44. The van der Waals surface area contributed by atoms with E-state index in [2.05, 4.69) is 15.1 Å². The maximum atomic E-state index is 5.95. The summed E-state index contributed by atoms with van der Waals surface area (Å²) in [6, 6.07) is 9.30. The molecule has 0 saturated heterocycles. The minimum Gasteiger partial charge on any atom is -0.199 e. The van der Waals surface area contributed by atoms with Crippen molar-refractivity contribution >= 4 is 40.7 Å². The Labute approximate surface area is 117 Å². The van der Waals surface area contributed by atoms with Crippen LogP contribution in [0.5, 0.6) is 0 Å². The molecule has 7 heteroatoms. The first kappa shape index (κ1) is 11.8. The van der Waals surface area contributed by atoms with Crippen molar-refractivity contribution in [3.63, 3.8) is 0 Å². The Hall–Kier alpha value is -1.30. The Morgan fingerprint density at radius 2 is 1.89 bits per heavy atom. The van der Waals surface area contributed by atoms with Gasteiger partial charge in [-0.25, -0.2) is 0 Å². The first-order chi connectivity index (χ1) is 8.72. The monoisotopic (exact) mass is 296 g/mol. The molecule has 4 nitrogen and oxygen atoms in total. The highest BCUT2D eigenvalue weighted by Gasteiger charge is 2.08. The average molecular weight is 297 g/mol. The molecule has 1 aromatic carbocycles. The van der Waals surface area contributed by atoms with Gasteiger partial charge in [0, 0.05) is 16.0 Å². The lowest BCUT2D eigenvalue weighted by Gasteiger charge is -2.04. The van der Waals surface area contributed by atoms with E-state index in [0.29, 0.717) is 16.0 Å². The number of halogens is 2. The molecule has 0 aliphatic rings. The van der Waals surface area contributed by atoms with Crippen molar-refractivity contribution in [2.75, 3.05) is 0 Å². The smallest absolute Gasteiger partial charge is 0.199 e. The van der Waals surface area contributed by atoms with Gasteiger partial charge in [-0.05, 0) is 24.3 Å². The predicted molar refractivity (Wildman–Crippen MR) is 71.4 cm³/mol. The number of rotatable bonds is 2. The van der Waals surface area contributed by atoms with Crippen LogP contribution in [0.2, 0.25) is 10.2 Å². The van der Waals surface area contributed by atoms with Crippen LogP contribution in [0.15, 0.2) is 46.6 Å². The van der Waals surface area contributed by atoms with E-state index >= 15 is 0 Å². The SMILES string of the molecule is Clc1ccc(Sc2cc(Cl)nc3ncnn23)cc1. The minimum atomic E-state index is 0.395. The highest BCUT2D eigenvalue weighted by atomic mass is 35.5. The Morgan fingerprint density at radius 3 is 2.67 bits per heavy atom. The van der Waals surface area contributed by atoms with Gasteiger partial charge in [0.1, 0.15) is 16.5 Å². The average Bonchev–Trinajstić information content (AvgIpc) is 2.80. The lowest BCUT2D eigenvalue weighted by atomic mass is 10.4. The van der Waals surface area contributed by atoms with Gasteiger partial charge in [0.05, 0.1) is 0 Å². The van der Waals surface area contributed by atoms with Gasteiger partial charge < -0.3 is 0 Å². The van der Waals surface area contributed by atoms with E-state index < -0.39 is 0 Å². The molecule has 0 aliphatic heterocycles. The standard InChI is InChI=1S/C11H6Cl2N4S/c12-7-1-3-8(4-2-7)18-10-5-9(13)16-11-14-6-15-17(10)11/h1-6H. The number of hydrogen-bond donors (Lipinski definition) is 0. The number of fused-ring (bicyclic) bond motifs is 1. The van der Waals surface area contributed by atoms with E-state index in [0.717, 1.165) is 9.92 Å². The molecule has 0 aliphatic carbocycles. The Balaban J connectivity index is 2.03. The van der Waals surface area contributed by atoms with Gasteiger partial charge in [-0.2, -0.15) is 19.6 Å². The van der Waals surface area contributed by atoms with E-state index in [9.17, 15) is 0 Å². The normalized spacial score (nSPS) is 11.0. The van der Waals surface area contributed by atoms with Crippen LogP contribution >= 0.6 is 35.0 Å². The van der Waals surface area contributed by atoms with Crippen LogP contribution < -0.4 is 0 Å². The molecular weight excluding hydrogens is 291 g/mol. The van der Waals surface area contributed by atoms with Crippen LogP contribution in [0.25, 0.3) is 5.78 Å². The summed E-state index contributed by atoms with van der Waals surface area (Å²) in [6.45, 7) is 0. The van der Waals surface area contributed by atoms with Crippen molar-refractivity contribution in [3.8, 4) is 0 Å². The fraction of sp³-hybridized carbons (Fsp3) is 0. The fourth-order valence-electron chi connectivity index (χ4n) is 1.45. The molecule has 0 bridgehead atoms. The third kappa shape index (κ3) is 2.29. The lowest BCUT2D eigenvalue weighted by molar-refractivity contribution is 0.842. The summed E-state index contributed by atoms with van der Waals surface area (Å²) in [5.74, 6) is 0.485. The van der Waals surface area contributed by atoms with Crippen LogP contribution in [-0.4, -0.2) is 19.6 Å². The van der Waals surface area contributed by atoms with E-state index in [1.807, 2.05) is 24.3 Å². The van der Waals surface area contributed by atoms with Crippen LogP contribution in [-0.2, 0) is 0 Å². The van der Waals surface area contributed by atoms with Gasteiger partial charge in [-0.1, -0.05) is 35.0 Å². The number of hydrogen-bond acceptors (Lipinski definition) is 4. The van der Waals surface area contributed by atoms with Crippen molar-refractivity contribution in [1.82, 2.24) is 19.6 Å². The summed E-state index contributed by atoms with van der Waals surface area (Å²) in [5, 5.41) is 6.06. The summed E-state index contributed by atoms with van der Waals surface area (Å²) >= 11 is 13.3. The van der Waals surface area contributed by atoms with E-state index in [-0.39, 0.29) is 0 Å². The molecule has 0 N–H and O–H groups in total. The molecule has 2 heterocycles. The van der Waals surface area contributed by atoms with Gasteiger partial charge in [0.15, 0.2) is 0 Å². The van der Waals surface area contributed by atoms with Gasteiger partial charge in [0.25, 0.3) is 5.78 Å². The van der Waals surface area contributed by atoms with Crippen molar-refractivity contribution < 1.29 is 0 Å². The molecule has 2 aromatic heterocycles. The first-order valence-electron chi connectivity index (χ1n) is 5.02. The topological polar surface area (TPSA) is 43.1 Å². The predicted octanol–water partition coefficient (Wildman–Crippen LogP) is 3.58. The molecule has 90 valence electrons. The zero-order valence-corrected chi connectivity index (χ0v) is 11.2. The molecule has 0 atom stereocenters. The fourth-order valence-corrected chi connectivity index (χ4v) is 2.72. The van der Waals surface area contributed by atoms with E-state index in [1.54, 1.807) is 10.6 Å². The second kappa shape index (κ2) is 4.76. The maximum absolute atomic E-state index is 5.95. The van der Waals surface area contributed by atoms with E-state index in [1.165, 1.54) is 18.1 Å². The quantitative estimate of drug-likeness (QED) is 0.678. The van der Waals surface area contributed by atoms with Crippen molar-refractivity contribution in [2.45, 2.75) is 9.92 Å². The highest BCUT2D eigenvalue weighted by molar-refractivity contribution is 7.99. The van der Waals surface area contributed by atoms with E-state index in [4.69, 9.17) is 23.2 Å².